The summed E-state index contributed by atoms with van der Waals surface area (Å²) in [6, 6.07) is 0. The molecule has 0 aliphatic heterocycles. The molecule has 0 saturated carbocycles. The van der Waals surface area contributed by atoms with Gasteiger partial charge in [-0.25, -0.2) is 0 Å². The number of carbonyl (C=O) groups excluding carboxylic acids is 1. The van der Waals surface area contributed by atoms with Crippen molar-refractivity contribution in [1.29, 1.82) is 0 Å². The van der Waals surface area contributed by atoms with E-state index in [0.717, 1.165) is 0 Å². The van der Waals surface area contributed by atoms with E-state index in [1.165, 1.54) is 0 Å². The highest BCUT2D eigenvalue weighted by atomic mass is 16.3. The monoisotopic (exact) mass is 169 g/mol. The van der Waals surface area contributed by atoms with E-state index in [4.69, 9.17) is 6.42 Å². The Morgan fingerprint density at radius 2 is 2.25 bits per heavy atom. The lowest BCUT2D eigenvalue weighted by Crippen LogP contribution is -2.50. The lowest BCUT2D eigenvalue weighted by atomic mass is 9.99. The molecular weight excluding hydrogens is 154 g/mol. The standard InChI is InChI=1S/C9H15NO2/c1-5-6-8(12)10-9(3,4)7(2)11/h1,7,11H,6H2,2-4H3,(H,10,12). The minimum absolute atomic E-state index is 0.0517. The zero-order valence-electron chi connectivity index (χ0n) is 7.72. The van der Waals surface area contributed by atoms with Crippen LogP contribution in [0.2, 0.25) is 0 Å². The largest absolute Gasteiger partial charge is 0.391 e. The van der Waals surface area contributed by atoms with E-state index in [1.54, 1.807) is 20.8 Å². The second kappa shape index (κ2) is 4.13. The van der Waals surface area contributed by atoms with Crippen LogP contribution in [-0.2, 0) is 4.79 Å². The van der Waals surface area contributed by atoms with Crippen molar-refractivity contribution >= 4 is 5.91 Å². The quantitative estimate of drug-likeness (QED) is 0.596. The van der Waals surface area contributed by atoms with E-state index >= 15 is 0 Å². The van der Waals surface area contributed by atoms with Crippen LogP contribution >= 0.6 is 0 Å². The van der Waals surface area contributed by atoms with Gasteiger partial charge in [-0.05, 0) is 20.8 Å². The van der Waals surface area contributed by atoms with Crippen molar-refractivity contribution < 1.29 is 9.90 Å². The fraction of sp³-hybridized carbons (Fsp3) is 0.667. The Hall–Kier alpha value is -1.01. The number of hydrogen-bond donors (Lipinski definition) is 2. The van der Waals surface area contributed by atoms with Crippen LogP contribution in [0.15, 0.2) is 0 Å². The van der Waals surface area contributed by atoms with Crippen LogP contribution < -0.4 is 5.32 Å². The van der Waals surface area contributed by atoms with E-state index in [9.17, 15) is 9.90 Å². The third kappa shape index (κ3) is 3.40. The summed E-state index contributed by atoms with van der Waals surface area (Å²) in [5, 5.41) is 11.9. The van der Waals surface area contributed by atoms with Gasteiger partial charge in [0.05, 0.1) is 18.1 Å². The first kappa shape index (κ1) is 11.0. The zero-order valence-corrected chi connectivity index (χ0v) is 7.72. The molecule has 0 spiro atoms. The molecule has 3 heteroatoms. The average molecular weight is 169 g/mol. The third-order valence-corrected chi connectivity index (χ3v) is 1.77. The van der Waals surface area contributed by atoms with Crippen molar-refractivity contribution in [1.82, 2.24) is 5.32 Å². The molecule has 0 bridgehead atoms. The molecule has 0 radical (unpaired) electrons. The molecule has 0 aromatic carbocycles. The molecule has 12 heavy (non-hydrogen) atoms. The predicted octanol–water partition coefficient (Wildman–Crippen LogP) is 0.285. The van der Waals surface area contributed by atoms with E-state index in [0.29, 0.717) is 0 Å². The normalized spacial score (nSPS) is 13.2. The van der Waals surface area contributed by atoms with E-state index in [1.807, 2.05) is 0 Å². The summed E-state index contributed by atoms with van der Waals surface area (Å²) in [5.74, 6) is 2.00. The number of carbonyl (C=O) groups is 1. The van der Waals surface area contributed by atoms with Crippen LogP contribution in [-0.4, -0.2) is 22.7 Å². The number of aliphatic hydroxyl groups excluding tert-OH is 1. The maximum atomic E-state index is 11.0. The zero-order chi connectivity index (χ0) is 9.78. The fourth-order valence-corrected chi connectivity index (χ4v) is 0.601. The minimum Gasteiger partial charge on any atom is -0.391 e. The second-order valence-corrected chi connectivity index (χ2v) is 3.33. The van der Waals surface area contributed by atoms with Crippen LogP contribution in [0.3, 0.4) is 0 Å². The molecule has 1 amide bonds. The molecule has 0 heterocycles. The summed E-state index contributed by atoms with van der Waals surface area (Å²) in [4.78, 5) is 11.0. The van der Waals surface area contributed by atoms with Gasteiger partial charge in [0.25, 0.3) is 0 Å². The lowest BCUT2D eigenvalue weighted by molar-refractivity contribution is -0.122. The van der Waals surface area contributed by atoms with Crippen LogP contribution in [0, 0.1) is 12.3 Å². The molecule has 0 aromatic heterocycles. The topological polar surface area (TPSA) is 49.3 Å². The van der Waals surface area contributed by atoms with Gasteiger partial charge in [0.15, 0.2) is 0 Å². The number of nitrogens with one attached hydrogen (secondary N) is 1. The number of terminal acetylenes is 1. The Bertz CT molecular complexity index is 201. The van der Waals surface area contributed by atoms with E-state index in [2.05, 4.69) is 11.2 Å². The molecule has 68 valence electrons. The summed E-state index contributed by atoms with van der Waals surface area (Å²) >= 11 is 0. The Labute approximate surface area is 73.2 Å². The molecule has 3 nitrogen and oxygen atoms in total. The van der Waals surface area contributed by atoms with Gasteiger partial charge in [-0.15, -0.1) is 6.42 Å². The minimum atomic E-state index is -0.617. The molecule has 1 atom stereocenters. The van der Waals surface area contributed by atoms with Gasteiger partial charge >= 0.3 is 0 Å². The van der Waals surface area contributed by atoms with Gasteiger partial charge in [0.2, 0.25) is 5.91 Å². The van der Waals surface area contributed by atoms with Crippen molar-refractivity contribution in [3.8, 4) is 12.3 Å². The molecule has 0 fully saturated rings. The van der Waals surface area contributed by atoms with Gasteiger partial charge < -0.3 is 10.4 Å². The van der Waals surface area contributed by atoms with Gasteiger partial charge in [0, 0.05) is 0 Å². The molecule has 0 aliphatic rings. The van der Waals surface area contributed by atoms with Crippen molar-refractivity contribution in [3.63, 3.8) is 0 Å². The lowest BCUT2D eigenvalue weighted by Gasteiger charge is -2.28. The van der Waals surface area contributed by atoms with Crippen LogP contribution in [0.4, 0.5) is 0 Å². The summed E-state index contributed by atoms with van der Waals surface area (Å²) in [7, 11) is 0. The predicted molar refractivity (Wildman–Crippen MR) is 47.4 cm³/mol. The second-order valence-electron chi connectivity index (χ2n) is 3.33. The molecular formula is C9H15NO2. The van der Waals surface area contributed by atoms with Crippen LogP contribution in [0.5, 0.6) is 0 Å². The van der Waals surface area contributed by atoms with Crippen molar-refractivity contribution in [2.45, 2.75) is 38.8 Å². The first-order valence-corrected chi connectivity index (χ1v) is 3.82. The average Bonchev–Trinajstić information content (AvgIpc) is 1.85. The Morgan fingerprint density at radius 3 is 2.58 bits per heavy atom. The van der Waals surface area contributed by atoms with Crippen molar-refractivity contribution in [3.05, 3.63) is 0 Å². The third-order valence-electron chi connectivity index (χ3n) is 1.77. The number of rotatable bonds is 3. The highest BCUT2D eigenvalue weighted by molar-refractivity contribution is 5.79. The fourth-order valence-electron chi connectivity index (χ4n) is 0.601. The van der Waals surface area contributed by atoms with Crippen molar-refractivity contribution in [2.75, 3.05) is 0 Å². The number of hydrogen-bond acceptors (Lipinski definition) is 2. The van der Waals surface area contributed by atoms with Crippen molar-refractivity contribution in [2.24, 2.45) is 0 Å². The van der Waals surface area contributed by atoms with E-state index in [-0.39, 0.29) is 12.3 Å². The summed E-state index contributed by atoms with van der Waals surface area (Å²) < 4.78 is 0. The van der Waals surface area contributed by atoms with E-state index < -0.39 is 11.6 Å². The van der Waals surface area contributed by atoms with Crippen LogP contribution in [0.1, 0.15) is 27.2 Å². The maximum Gasteiger partial charge on any atom is 0.232 e. The first-order chi connectivity index (χ1) is 5.40. The molecule has 2 N–H and O–H groups in total. The molecule has 0 aromatic rings. The Kier molecular flexibility index (Phi) is 3.78. The molecule has 1 unspecified atom stereocenters. The molecule has 0 aliphatic carbocycles. The first-order valence-electron chi connectivity index (χ1n) is 3.82. The Morgan fingerprint density at radius 1 is 1.75 bits per heavy atom. The highest BCUT2D eigenvalue weighted by Crippen LogP contribution is 2.07. The number of amides is 1. The van der Waals surface area contributed by atoms with Gasteiger partial charge in [0.1, 0.15) is 0 Å². The summed E-state index contributed by atoms with van der Waals surface area (Å²) in [6.07, 6.45) is 4.40. The summed E-state index contributed by atoms with van der Waals surface area (Å²) in [6.45, 7) is 5.11. The van der Waals surface area contributed by atoms with Crippen LogP contribution in [0.25, 0.3) is 0 Å². The summed E-state index contributed by atoms with van der Waals surface area (Å²) in [5.41, 5.74) is -0.617. The Balaban J connectivity index is 4.08. The van der Waals surface area contributed by atoms with Gasteiger partial charge in [-0.1, -0.05) is 5.92 Å². The maximum absolute atomic E-state index is 11.0. The van der Waals surface area contributed by atoms with Gasteiger partial charge in [-0.2, -0.15) is 0 Å². The number of aliphatic hydroxyl groups is 1. The SMILES string of the molecule is C#CCC(=O)NC(C)(C)C(C)O. The molecule has 0 rings (SSSR count). The highest BCUT2D eigenvalue weighted by Gasteiger charge is 2.25. The molecule has 0 saturated heterocycles. The van der Waals surface area contributed by atoms with Gasteiger partial charge in [-0.3, -0.25) is 4.79 Å². The smallest absolute Gasteiger partial charge is 0.232 e.